The molecule has 0 heterocycles. The van der Waals surface area contributed by atoms with Crippen LogP contribution in [0.1, 0.15) is 0 Å². The van der Waals surface area contributed by atoms with Gasteiger partial charge in [-0.05, 0) is 10.6 Å². The van der Waals surface area contributed by atoms with E-state index in [0.29, 0.717) is 0 Å². The van der Waals surface area contributed by atoms with E-state index in [1.807, 2.05) is 0 Å². The number of hydrogen-bond donors (Lipinski definition) is 0. The van der Waals surface area contributed by atoms with Crippen molar-refractivity contribution in [1.82, 2.24) is 0 Å². The zero-order valence-electron chi connectivity index (χ0n) is 9.71. The average Bonchev–Trinajstić information content (AvgIpc) is 2.43. The van der Waals surface area contributed by atoms with E-state index < -0.39 is 0 Å². The zero-order chi connectivity index (χ0) is 13.2. The molecular weight excluding hydrogens is 376 g/mol. The monoisotopic (exact) mass is 389 g/mol. The Bertz CT molecular complexity index is 383. The summed E-state index contributed by atoms with van der Waals surface area (Å²) in [6, 6.07) is 21.3. The maximum absolute atomic E-state index is 4.81. The molecule has 2 aromatic rings. The van der Waals surface area contributed by atoms with Crippen molar-refractivity contribution in [2.24, 2.45) is 0 Å². The van der Waals surface area contributed by atoms with Crippen molar-refractivity contribution in [3.8, 4) is 0 Å². The van der Waals surface area contributed by atoms with Gasteiger partial charge < -0.3 is 6.92 Å². The molecule has 0 fully saturated rings. The topological polar surface area (TPSA) is 0 Å². The summed E-state index contributed by atoms with van der Waals surface area (Å²) < 4.78 is 0. The molecule has 0 aliphatic heterocycles. The molecule has 0 amide bonds. The molecule has 0 aliphatic rings. The summed E-state index contributed by atoms with van der Waals surface area (Å²) in [5.41, 5.74) is 0. The predicted molar refractivity (Wildman–Crippen MR) is 81.0 cm³/mol. The Kier molecular flexibility index (Phi) is 8.95. The summed E-state index contributed by atoms with van der Waals surface area (Å²) in [5, 5.41) is 2.82. The third-order valence-electron chi connectivity index (χ3n) is 2.36. The standard InChI is InChI=1S/C14H14P.2ClH.Pd/c1-2-15(13-9-5-3-6-10-13)14-11-7-4-8-12-14;;;/h3-12H,1-2H2;2*1H;/q-1;;;+2/p-2. The van der Waals surface area contributed by atoms with E-state index in [4.69, 9.17) is 19.1 Å². The van der Waals surface area contributed by atoms with Crippen molar-refractivity contribution in [3.05, 3.63) is 67.6 Å². The van der Waals surface area contributed by atoms with Crippen LogP contribution in [0.15, 0.2) is 60.7 Å². The molecule has 0 unspecified atom stereocenters. The first kappa shape index (κ1) is 16.2. The van der Waals surface area contributed by atoms with Crippen LogP contribution >= 0.6 is 27.0 Å². The van der Waals surface area contributed by atoms with Gasteiger partial charge in [-0.25, -0.2) is 0 Å². The van der Waals surface area contributed by atoms with Gasteiger partial charge in [-0.2, -0.15) is 6.16 Å². The normalized spacial score (nSPS) is 10.0. The van der Waals surface area contributed by atoms with Crippen LogP contribution in [0.4, 0.5) is 0 Å². The number of benzene rings is 2. The van der Waals surface area contributed by atoms with Gasteiger partial charge in [0.15, 0.2) is 0 Å². The van der Waals surface area contributed by atoms with E-state index in [1.54, 1.807) is 0 Å². The van der Waals surface area contributed by atoms with Crippen molar-refractivity contribution < 1.29 is 15.9 Å². The van der Waals surface area contributed by atoms with Crippen LogP contribution < -0.4 is 10.6 Å². The van der Waals surface area contributed by atoms with Gasteiger partial charge in [0.25, 0.3) is 0 Å². The van der Waals surface area contributed by atoms with Crippen LogP contribution in [-0.2, 0) is 15.9 Å². The van der Waals surface area contributed by atoms with E-state index >= 15 is 0 Å². The molecule has 0 saturated carbocycles. The number of halogens is 2. The molecule has 2 aromatic carbocycles. The molecule has 0 aromatic heterocycles. The molecular formula is C14H14Cl2PPd-. The average molecular weight is 391 g/mol. The summed E-state index contributed by atoms with van der Waals surface area (Å²) in [7, 11) is 9.37. The second-order valence-electron chi connectivity index (χ2n) is 3.37. The number of rotatable bonds is 3. The Morgan fingerprint density at radius 3 is 1.44 bits per heavy atom. The van der Waals surface area contributed by atoms with E-state index in [0.717, 1.165) is 6.16 Å². The minimum atomic E-state index is -0.260. The van der Waals surface area contributed by atoms with Crippen molar-refractivity contribution >= 4 is 37.6 Å². The van der Waals surface area contributed by atoms with Gasteiger partial charge in [0, 0.05) is 0 Å². The van der Waals surface area contributed by atoms with Crippen molar-refractivity contribution in [1.29, 1.82) is 0 Å². The SMILES string of the molecule is [CH2-]CP(c1ccccc1)c1ccccc1.[Cl][Pd][Cl]. The molecule has 18 heavy (non-hydrogen) atoms. The van der Waals surface area contributed by atoms with Gasteiger partial charge in [0.2, 0.25) is 0 Å². The van der Waals surface area contributed by atoms with Crippen LogP contribution in [0, 0.1) is 6.92 Å². The third kappa shape index (κ3) is 5.40. The van der Waals surface area contributed by atoms with E-state index in [9.17, 15) is 0 Å². The first-order valence-corrected chi connectivity index (χ1v) is 10.9. The van der Waals surface area contributed by atoms with Crippen molar-refractivity contribution in [2.75, 3.05) is 6.16 Å². The molecule has 0 radical (unpaired) electrons. The van der Waals surface area contributed by atoms with E-state index in [1.165, 1.54) is 10.6 Å². The fourth-order valence-electron chi connectivity index (χ4n) is 1.62. The van der Waals surface area contributed by atoms with Crippen LogP contribution in [-0.4, -0.2) is 6.16 Å². The van der Waals surface area contributed by atoms with Crippen LogP contribution in [0.3, 0.4) is 0 Å². The van der Waals surface area contributed by atoms with Gasteiger partial charge in [-0.1, -0.05) is 68.6 Å². The second kappa shape index (κ2) is 9.97. The molecule has 0 saturated heterocycles. The maximum atomic E-state index is 4.81. The fraction of sp³-hybridized carbons (Fsp3) is 0.0714. The van der Waals surface area contributed by atoms with Gasteiger partial charge in [0.05, 0.1) is 0 Å². The van der Waals surface area contributed by atoms with Crippen molar-refractivity contribution in [2.45, 2.75) is 0 Å². The van der Waals surface area contributed by atoms with Gasteiger partial charge >= 0.3 is 35.0 Å². The quantitative estimate of drug-likeness (QED) is 0.416. The Labute approximate surface area is 127 Å². The Balaban J connectivity index is 0.000000492. The summed E-state index contributed by atoms with van der Waals surface area (Å²) >= 11 is -0.106. The first-order valence-electron chi connectivity index (χ1n) is 5.32. The molecule has 0 bridgehead atoms. The van der Waals surface area contributed by atoms with E-state index in [-0.39, 0.29) is 23.9 Å². The van der Waals surface area contributed by atoms with Gasteiger partial charge in [0.1, 0.15) is 0 Å². The Morgan fingerprint density at radius 2 is 1.17 bits per heavy atom. The molecule has 0 aliphatic carbocycles. The van der Waals surface area contributed by atoms with Gasteiger partial charge in [-0.3, -0.25) is 0 Å². The van der Waals surface area contributed by atoms with Crippen LogP contribution in [0.5, 0.6) is 0 Å². The predicted octanol–water partition coefficient (Wildman–Crippen LogP) is 4.33. The van der Waals surface area contributed by atoms with Crippen LogP contribution in [0.25, 0.3) is 0 Å². The van der Waals surface area contributed by atoms with E-state index in [2.05, 4.69) is 67.6 Å². The second-order valence-corrected chi connectivity index (χ2v) is 8.06. The Morgan fingerprint density at radius 1 is 0.833 bits per heavy atom. The summed E-state index contributed by atoms with van der Waals surface area (Å²) in [4.78, 5) is 0. The molecule has 2 rings (SSSR count). The van der Waals surface area contributed by atoms with Gasteiger partial charge in [-0.15, -0.1) is 0 Å². The number of hydrogen-bond acceptors (Lipinski definition) is 0. The molecule has 0 N–H and O–H groups in total. The van der Waals surface area contributed by atoms with Crippen molar-refractivity contribution in [3.63, 3.8) is 0 Å². The summed E-state index contributed by atoms with van der Waals surface area (Å²) in [6.07, 6.45) is 0.962. The summed E-state index contributed by atoms with van der Waals surface area (Å²) in [5.74, 6) is 0. The first-order chi connectivity index (χ1) is 8.83. The third-order valence-corrected chi connectivity index (χ3v) is 4.65. The fourth-order valence-corrected chi connectivity index (χ4v) is 3.50. The summed E-state index contributed by atoms with van der Waals surface area (Å²) in [6.45, 7) is 4.07. The zero-order valence-corrected chi connectivity index (χ0v) is 13.7. The molecule has 100 valence electrons. The molecule has 0 spiro atoms. The molecule has 0 nitrogen and oxygen atoms in total. The Hall–Kier alpha value is 0.112. The van der Waals surface area contributed by atoms with Crippen LogP contribution in [0.2, 0.25) is 0 Å². The molecule has 4 heteroatoms. The minimum absolute atomic E-state index is 0.106. The molecule has 0 atom stereocenters.